The summed E-state index contributed by atoms with van der Waals surface area (Å²) in [7, 11) is 0. The van der Waals surface area contributed by atoms with Crippen LogP contribution < -0.4 is 5.32 Å². The van der Waals surface area contributed by atoms with Gasteiger partial charge in [0.05, 0.1) is 12.4 Å². The van der Waals surface area contributed by atoms with Crippen molar-refractivity contribution < 1.29 is 0 Å². The molecule has 0 unspecified atom stereocenters. The van der Waals surface area contributed by atoms with E-state index in [4.69, 9.17) is 0 Å². The Morgan fingerprint density at radius 1 is 1.67 bits per heavy atom. The van der Waals surface area contributed by atoms with E-state index < -0.39 is 0 Å². The number of aliphatic imine (C=N–C) groups is 1. The molecule has 0 spiro atoms. The second kappa shape index (κ2) is 2.51. The summed E-state index contributed by atoms with van der Waals surface area (Å²) in [5.74, 6) is 3.20. The zero-order valence-electron chi connectivity index (χ0n) is 5.68. The molecule has 0 radical (unpaired) electrons. The van der Waals surface area contributed by atoms with E-state index in [1.807, 2.05) is 0 Å². The van der Waals surface area contributed by atoms with Crippen LogP contribution in [0.3, 0.4) is 0 Å². The fraction of sp³-hybridized carbons (Fsp3) is 0.429. The Morgan fingerprint density at radius 2 is 2.44 bits per heavy atom. The summed E-state index contributed by atoms with van der Waals surface area (Å²) < 4.78 is 0. The number of hydrogen-bond donors (Lipinski definition) is 1. The summed E-state index contributed by atoms with van der Waals surface area (Å²) in [5.41, 5.74) is 1.15. The maximum absolute atomic E-state index is 3.85. The number of nitrogens with zero attached hydrogens (tertiary/aromatic N) is 1. The molecule has 2 heteroatoms. The maximum atomic E-state index is 3.85. The van der Waals surface area contributed by atoms with Crippen LogP contribution in [0.5, 0.6) is 0 Å². The van der Waals surface area contributed by atoms with Gasteiger partial charge in [-0.1, -0.05) is 13.8 Å². The highest BCUT2D eigenvalue weighted by atomic mass is 14.9. The summed E-state index contributed by atoms with van der Waals surface area (Å²) >= 11 is 0. The molecule has 1 aliphatic heterocycles. The molecule has 0 fully saturated rings. The van der Waals surface area contributed by atoms with E-state index in [1.165, 1.54) is 0 Å². The first-order chi connectivity index (χ1) is 4.30. The van der Waals surface area contributed by atoms with E-state index in [0.717, 1.165) is 5.70 Å². The molecule has 0 bridgehead atoms. The fourth-order valence-electron chi connectivity index (χ4n) is 0.613. The highest BCUT2D eigenvalue weighted by Gasteiger charge is 2.00. The number of allylic oxidation sites excluding steroid dienone is 1. The molecule has 0 amide bonds. The van der Waals surface area contributed by atoms with Crippen LogP contribution in [0.4, 0.5) is 0 Å². The first kappa shape index (κ1) is 6.12. The van der Waals surface area contributed by atoms with Gasteiger partial charge in [0.1, 0.15) is 0 Å². The third-order valence-electron chi connectivity index (χ3n) is 1.20. The predicted molar refractivity (Wildman–Crippen MR) is 38.1 cm³/mol. The zero-order valence-corrected chi connectivity index (χ0v) is 5.68. The second-order valence-corrected chi connectivity index (χ2v) is 2.29. The monoisotopic (exact) mass is 122 g/mol. The molecule has 0 aliphatic carbocycles. The summed E-state index contributed by atoms with van der Waals surface area (Å²) in [6.45, 7) is 4.24. The third kappa shape index (κ3) is 1.44. The van der Waals surface area contributed by atoms with Crippen molar-refractivity contribution in [2.45, 2.75) is 13.8 Å². The minimum absolute atomic E-state index is 0.520. The topological polar surface area (TPSA) is 24.4 Å². The number of rotatable bonds is 1. The van der Waals surface area contributed by atoms with Gasteiger partial charge < -0.3 is 5.32 Å². The average Bonchev–Trinajstić information content (AvgIpc) is 1.90. The molecular formula is C7H10N2. The van der Waals surface area contributed by atoms with Crippen LogP contribution in [0.1, 0.15) is 13.8 Å². The summed E-state index contributed by atoms with van der Waals surface area (Å²) in [5, 5.41) is 3.05. The number of hydrogen-bond acceptors (Lipinski definition) is 2. The van der Waals surface area contributed by atoms with E-state index in [-0.39, 0.29) is 0 Å². The van der Waals surface area contributed by atoms with Crippen molar-refractivity contribution in [2.24, 2.45) is 10.9 Å². The lowest BCUT2D eigenvalue weighted by Crippen LogP contribution is -2.12. The van der Waals surface area contributed by atoms with Crippen LogP contribution in [0.2, 0.25) is 0 Å². The Hall–Kier alpha value is -1.01. The van der Waals surface area contributed by atoms with Crippen LogP contribution in [-0.4, -0.2) is 5.87 Å². The van der Waals surface area contributed by atoms with Crippen molar-refractivity contribution in [3.63, 3.8) is 0 Å². The predicted octanol–water partition coefficient (Wildman–Crippen LogP) is 1.27. The van der Waals surface area contributed by atoms with Crippen molar-refractivity contribution in [3.05, 3.63) is 18.1 Å². The van der Waals surface area contributed by atoms with E-state index in [1.54, 1.807) is 12.4 Å². The molecule has 0 saturated heterocycles. The first-order valence-electron chi connectivity index (χ1n) is 3.04. The second-order valence-electron chi connectivity index (χ2n) is 2.29. The molecule has 48 valence electrons. The molecule has 9 heavy (non-hydrogen) atoms. The molecule has 1 heterocycles. The van der Waals surface area contributed by atoms with Crippen molar-refractivity contribution in [1.82, 2.24) is 5.32 Å². The van der Waals surface area contributed by atoms with Crippen LogP contribution in [0, 0.1) is 5.92 Å². The van der Waals surface area contributed by atoms with Gasteiger partial charge in [-0.15, -0.1) is 0 Å². The average molecular weight is 122 g/mol. The van der Waals surface area contributed by atoms with Gasteiger partial charge in [-0.25, -0.2) is 4.99 Å². The molecule has 0 aromatic rings. The normalized spacial score (nSPS) is 15.7. The maximum Gasteiger partial charge on any atom is 0.0638 e. The minimum atomic E-state index is 0.520. The standard InChI is InChI=1S/C7H10N2/c1-6(2)7-5-8-3-4-9-7/h4-6,9H,1-2H3. The highest BCUT2D eigenvalue weighted by molar-refractivity contribution is 5.54. The lowest BCUT2D eigenvalue weighted by atomic mass is 10.1. The van der Waals surface area contributed by atoms with Gasteiger partial charge in [-0.2, -0.15) is 0 Å². The quantitative estimate of drug-likeness (QED) is 0.556. The van der Waals surface area contributed by atoms with Crippen molar-refractivity contribution >= 4 is 5.87 Å². The zero-order chi connectivity index (χ0) is 6.69. The SMILES string of the molecule is CC(C)C1=CN=C=CN1. The Kier molecular flexibility index (Phi) is 1.71. The Morgan fingerprint density at radius 3 is 2.78 bits per heavy atom. The van der Waals surface area contributed by atoms with E-state index >= 15 is 0 Å². The van der Waals surface area contributed by atoms with Crippen molar-refractivity contribution in [1.29, 1.82) is 0 Å². The van der Waals surface area contributed by atoms with Gasteiger partial charge >= 0.3 is 0 Å². The van der Waals surface area contributed by atoms with Crippen LogP contribution in [-0.2, 0) is 0 Å². The molecular weight excluding hydrogens is 112 g/mol. The lowest BCUT2D eigenvalue weighted by Gasteiger charge is -2.09. The Labute approximate surface area is 55.0 Å². The molecule has 0 atom stereocenters. The van der Waals surface area contributed by atoms with Gasteiger partial charge in [-0.3, -0.25) is 0 Å². The largest absolute Gasteiger partial charge is 0.356 e. The van der Waals surface area contributed by atoms with Gasteiger partial charge in [0.2, 0.25) is 0 Å². The van der Waals surface area contributed by atoms with Crippen LogP contribution >= 0.6 is 0 Å². The summed E-state index contributed by atoms with van der Waals surface area (Å²) in [6, 6.07) is 0. The fourth-order valence-corrected chi connectivity index (χ4v) is 0.613. The molecule has 0 aromatic heterocycles. The lowest BCUT2D eigenvalue weighted by molar-refractivity contribution is 0.710. The summed E-state index contributed by atoms with van der Waals surface area (Å²) in [6.07, 6.45) is 3.51. The Balaban J connectivity index is 2.66. The van der Waals surface area contributed by atoms with Crippen molar-refractivity contribution in [3.8, 4) is 0 Å². The number of nitrogens with one attached hydrogen (secondary N) is 1. The van der Waals surface area contributed by atoms with E-state index in [9.17, 15) is 0 Å². The van der Waals surface area contributed by atoms with Crippen LogP contribution in [0.25, 0.3) is 0 Å². The molecule has 0 aromatic carbocycles. The molecule has 0 saturated carbocycles. The first-order valence-corrected chi connectivity index (χ1v) is 3.04. The summed E-state index contributed by atoms with van der Waals surface area (Å²) in [4.78, 5) is 3.85. The molecule has 2 nitrogen and oxygen atoms in total. The van der Waals surface area contributed by atoms with E-state index in [0.29, 0.717) is 5.92 Å². The molecule has 1 N–H and O–H groups in total. The van der Waals surface area contributed by atoms with Crippen LogP contribution in [0.15, 0.2) is 23.1 Å². The highest BCUT2D eigenvalue weighted by Crippen LogP contribution is 2.05. The van der Waals surface area contributed by atoms with Gasteiger partial charge in [0.25, 0.3) is 0 Å². The van der Waals surface area contributed by atoms with Gasteiger partial charge in [0.15, 0.2) is 0 Å². The van der Waals surface area contributed by atoms with Gasteiger partial charge in [-0.05, 0) is 5.92 Å². The smallest absolute Gasteiger partial charge is 0.0638 e. The minimum Gasteiger partial charge on any atom is -0.356 e. The molecule has 1 aliphatic rings. The van der Waals surface area contributed by atoms with Gasteiger partial charge in [0, 0.05) is 11.6 Å². The molecule has 1 rings (SSSR count). The van der Waals surface area contributed by atoms with E-state index in [2.05, 4.69) is 30.0 Å². The van der Waals surface area contributed by atoms with Crippen molar-refractivity contribution in [2.75, 3.05) is 0 Å². The Bertz CT molecular complexity index is 183. The third-order valence-corrected chi connectivity index (χ3v) is 1.20.